The molecular weight excluding hydrogens is 437 g/mol. The summed E-state index contributed by atoms with van der Waals surface area (Å²) < 4.78 is 6.44. The summed E-state index contributed by atoms with van der Waals surface area (Å²) in [7, 11) is 0. The molecule has 0 spiro atoms. The molecular formula is C22H21Cl2N5O2. The highest BCUT2D eigenvalue weighted by Crippen LogP contribution is 2.45. The Balaban J connectivity index is 1.57. The fourth-order valence-electron chi connectivity index (χ4n) is 4.11. The van der Waals surface area contributed by atoms with E-state index in [1.807, 2.05) is 53.4 Å². The molecule has 1 saturated carbocycles. The Bertz CT molecular complexity index is 1060. The van der Waals surface area contributed by atoms with Crippen molar-refractivity contribution in [3.8, 4) is 0 Å². The van der Waals surface area contributed by atoms with Crippen molar-refractivity contribution in [1.82, 2.24) is 25.5 Å². The van der Waals surface area contributed by atoms with Gasteiger partial charge in [0.2, 0.25) is 0 Å². The normalized spacial score (nSPS) is 23.9. The third kappa shape index (κ3) is 4.44. The number of carbonyl (C=O) groups is 1. The van der Waals surface area contributed by atoms with Gasteiger partial charge in [-0.3, -0.25) is 4.79 Å². The molecule has 2 aliphatic rings. The number of nitrogens with one attached hydrogen (secondary N) is 1. The minimum atomic E-state index is -0.705. The van der Waals surface area contributed by atoms with Crippen molar-refractivity contribution in [3.05, 3.63) is 75.5 Å². The Labute approximate surface area is 189 Å². The van der Waals surface area contributed by atoms with E-state index < -0.39 is 12.2 Å². The molecule has 9 heteroatoms. The van der Waals surface area contributed by atoms with Crippen LogP contribution in [0.5, 0.6) is 0 Å². The van der Waals surface area contributed by atoms with Gasteiger partial charge in [-0.25, -0.2) is 0 Å². The highest BCUT2D eigenvalue weighted by molar-refractivity contribution is 6.30. The number of ether oxygens (including phenoxy) is 1. The van der Waals surface area contributed by atoms with Crippen LogP contribution >= 0.6 is 23.2 Å². The molecule has 160 valence electrons. The van der Waals surface area contributed by atoms with E-state index >= 15 is 0 Å². The summed E-state index contributed by atoms with van der Waals surface area (Å²) in [5, 5.41) is 15.3. The molecule has 7 nitrogen and oxygen atoms in total. The quantitative estimate of drug-likeness (QED) is 0.600. The van der Waals surface area contributed by atoms with Crippen LogP contribution in [0.1, 0.15) is 41.9 Å². The lowest BCUT2D eigenvalue weighted by Crippen LogP contribution is -2.52. The molecule has 1 aliphatic carbocycles. The lowest BCUT2D eigenvalue weighted by atomic mass is 9.91. The molecule has 5 rings (SSSR count). The topological polar surface area (TPSA) is 84.0 Å². The number of H-pyrrole nitrogens is 1. The van der Waals surface area contributed by atoms with Gasteiger partial charge in [0.25, 0.3) is 5.91 Å². The molecule has 3 atom stereocenters. The lowest BCUT2D eigenvalue weighted by Gasteiger charge is -2.45. The van der Waals surface area contributed by atoms with Crippen LogP contribution in [0, 0.1) is 5.92 Å². The van der Waals surface area contributed by atoms with E-state index in [0.717, 1.165) is 24.0 Å². The highest BCUT2D eigenvalue weighted by Gasteiger charge is 2.46. The summed E-state index contributed by atoms with van der Waals surface area (Å²) in [6.07, 6.45) is 1.42. The van der Waals surface area contributed by atoms with Crippen LogP contribution in [-0.2, 0) is 16.0 Å². The number of amides is 1. The van der Waals surface area contributed by atoms with Crippen LogP contribution in [0.15, 0.2) is 48.5 Å². The predicted molar refractivity (Wildman–Crippen MR) is 116 cm³/mol. The minimum Gasteiger partial charge on any atom is -0.357 e. The van der Waals surface area contributed by atoms with Crippen LogP contribution in [0.3, 0.4) is 0 Å². The summed E-state index contributed by atoms with van der Waals surface area (Å²) in [6, 6.07) is 14.9. The van der Waals surface area contributed by atoms with Crippen LogP contribution in [0.25, 0.3) is 0 Å². The van der Waals surface area contributed by atoms with E-state index in [2.05, 4.69) is 20.6 Å². The number of aromatic nitrogens is 4. The summed E-state index contributed by atoms with van der Waals surface area (Å²) >= 11 is 12.4. The third-order valence-corrected chi connectivity index (χ3v) is 6.28. The highest BCUT2D eigenvalue weighted by atomic mass is 35.5. The Morgan fingerprint density at radius 2 is 1.87 bits per heavy atom. The first kappa shape index (κ1) is 20.4. The first-order valence-corrected chi connectivity index (χ1v) is 11.0. The monoisotopic (exact) mass is 457 g/mol. The largest absolute Gasteiger partial charge is 0.357 e. The number of hydrogen-bond acceptors (Lipinski definition) is 5. The van der Waals surface area contributed by atoms with Gasteiger partial charge in [0.15, 0.2) is 5.82 Å². The molecule has 2 fully saturated rings. The molecule has 2 heterocycles. The molecule has 3 aromatic rings. The zero-order chi connectivity index (χ0) is 21.4. The van der Waals surface area contributed by atoms with Crippen molar-refractivity contribution in [1.29, 1.82) is 0 Å². The van der Waals surface area contributed by atoms with Crippen LogP contribution < -0.4 is 0 Å². The molecule has 1 aliphatic heterocycles. The molecule has 1 N–H and O–H groups in total. The average Bonchev–Trinajstić information content (AvgIpc) is 3.44. The van der Waals surface area contributed by atoms with Gasteiger partial charge in [-0.1, -0.05) is 52.7 Å². The zero-order valence-corrected chi connectivity index (χ0v) is 18.1. The maximum atomic E-state index is 13.6. The standard InChI is InChI=1S/C22H21Cl2N5O2/c23-16-8-6-14(7-9-16)20-21(15-2-1-3-17(24)10-15)31-18(11-19-25-27-28-26-19)22(30)29(20)12-13-4-5-13/h1-3,6-10,13,18,20-21H,4-5,11-12H2,(H,25,26,27,28). The first-order chi connectivity index (χ1) is 15.1. The van der Waals surface area contributed by atoms with Crippen molar-refractivity contribution in [3.63, 3.8) is 0 Å². The van der Waals surface area contributed by atoms with Gasteiger partial charge in [-0.2, -0.15) is 5.21 Å². The van der Waals surface area contributed by atoms with E-state index in [4.69, 9.17) is 27.9 Å². The Kier molecular flexibility index (Phi) is 5.65. The Morgan fingerprint density at radius 3 is 2.55 bits per heavy atom. The molecule has 1 aromatic heterocycles. The number of carbonyl (C=O) groups excluding carboxylic acids is 1. The van der Waals surface area contributed by atoms with E-state index in [1.54, 1.807) is 0 Å². The Hall–Kier alpha value is -2.48. The number of rotatable bonds is 6. The van der Waals surface area contributed by atoms with Crippen LogP contribution in [0.2, 0.25) is 10.0 Å². The van der Waals surface area contributed by atoms with Crippen molar-refractivity contribution in [2.24, 2.45) is 5.92 Å². The Morgan fingerprint density at radius 1 is 1.06 bits per heavy atom. The third-order valence-electron chi connectivity index (χ3n) is 5.79. The number of halogens is 2. The number of morpholine rings is 1. The maximum Gasteiger partial charge on any atom is 0.252 e. The van der Waals surface area contributed by atoms with Gasteiger partial charge >= 0.3 is 0 Å². The summed E-state index contributed by atoms with van der Waals surface area (Å²) in [5.74, 6) is 0.900. The summed E-state index contributed by atoms with van der Waals surface area (Å²) in [6.45, 7) is 0.690. The molecule has 0 bridgehead atoms. The van der Waals surface area contributed by atoms with Crippen LogP contribution in [0.4, 0.5) is 0 Å². The number of tetrazole rings is 1. The SMILES string of the molecule is O=C1C(Cc2nn[nH]n2)OC(c2cccc(Cl)c2)C(c2ccc(Cl)cc2)N1CC1CC1. The second-order valence-corrected chi connectivity index (χ2v) is 8.94. The predicted octanol–water partition coefficient (Wildman–Crippen LogP) is 4.17. The zero-order valence-electron chi connectivity index (χ0n) is 16.6. The van der Waals surface area contributed by atoms with Crippen molar-refractivity contribution < 1.29 is 9.53 Å². The van der Waals surface area contributed by atoms with E-state index in [-0.39, 0.29) is 18.4 Å². The van der Waals surface area contributed by atoms with Crippen molar-refractivity contribution in [2.75, 3.05) is 6.54 Å². The second-order valence-electron chi connectivity index (χ2n) is 8.06. The van der Waals surface area contributed by atoms with E-state index in [1.165, 1.54) is 0 Å². The number of nitrogens with zero attached hydrogens (tertiary/aromatic N) is 4. The molecule has 1 amide bonds. The number of benzene rings is 2. The molecule has 31 heavy (non-hydrogen) atoms. The van der Waals surface area contributed by atoms with Gasteiger partial charge in [0.1, 0.15) is 12.2 Å². The fraction of sp³-hybridized carbons (Fsp3) is 0.364. The van der Waals surface area contributed by atoms with Gasteiger partial charge in [-0.05, 0) is 54.2 Å². The second kappa shape index (κ2) is 8.57. The average molecular weight is 458 g/mol. The molecule has 3 unspecified atom stereocenters. The van der Waals surface area contributed by atoms with Crippen molar-refractivity contribution >= 4 is 29.1 Å². The fourth-order valence-corrected chi connectivity index (χ4v) is 4.43. The van der Waals surface area contributed by atoms with E-state index in [9.17, 15) is 4.79 Å². The maximum absolute atomic E-state index is 13.6. The van der Waals surface area contributed by atoms with Crippen molar-refractivity contribution in [2.45, 2.75) is 37.5 Å². The number of hydrogen-bond donors (Lipinski definition) is 1. The molecule has 2 aromatic carbocycles. The smallest absolute Gasteiger partial charge is 0.252 e. The number of aromatic amines is 1. The van der Waals surface area contributed by atoms with Gasteiger partial charge in [0.05, 0.1) is 6.04 Å². The van der Waals surface area contributed by atoms with Gasteiger partial charge < -0.3 is 9.64 Å². The van der Waals surface area contributed by atoms with E-state index in [0.29, 0.717) is 28.3 Å². The lowest BCUT2D eigenvalue weighted by molar-refractivity contribution is -0.174. The summed E-state index contributed by atoms with van der Waals surface area (Å²) in [5.41, 5.74) is 1.89. The van der Waals surface area contributed by atoms with Gasteiger partial charge in [-0.15, -0.1) is 10.2 Å². The molecule has 0 radical (unpaired) electrons. The summed E-state index contributed by atoms with van der Waals surface area (Å²) in [4.78, 5) is 15.5. The molecule has 1 saturated heterocycles. The van der Waals surface area contributed by atoms with Crippen LogP contribution in [-0.4, -0.2) is 44.1 Å². The first-order valence-electron chi connectivity index (χ1n) is 10.3. The van der Waals surface area contributed by atoms with Gasteiger partial charge in [0, 0.05) is 23.0 Å². The minimum absolute atomic E-state index is 0.0603.